The SMILES string of the molecule is CC(NC(=O)C(CCCCN)NC(=O)C(CS)NC(=O)C(N)Cc1c[nH]c2ccccc12)C(=O)O. The Kier molecular flexibility index (Phi) is 11.0. The van der Waals surface area contributed by atoms with E-state index in [-0.39, 0.29) is 18.6 Å². The molecule has 0 aliphatic carbocycles. The Morgan fingerprint density at radius 2 is 1.69 bits per heavy atom. The van der Waals surface area contributed by atoms with E-state index in [0.29, 0.717) is 19.4 Å². The van der Waals surface area contributed by atoms with Crippen LogP contribution in [0.1, 0.15) is 31.7 Å². The van der Waals surface area contributed by atoms with Crippen LogP contribution in [0.25, 0.3) is 10.9 Å². The van der Waals surface area contributed by atoms with Gasteiger partial charge in [0.25, 0.3) is 0 Å². The summed E-state index contributed by atoms with van der Waals surface area (Å²) in [7, 11) is 0. The predicted octanol–water partition coefficient (Wildman–Crippen LogP) is -0.345. The number of para-hydroxylation sites is 1. The summed E-state index contributed by atoms with van der Waals surface area (Å²) in [6.07, 6.45) is 3.49. The fraction of sp³-hybridized carbons (Fsp3) is 0.478. The molecule has 1 aromatic heterocycles. The average molecular weight is 507 g/mol. The minimum Gasteiger partial charge on any atom is -0.480 e. The third-order valence-electron chi connectivity index (χ3n) is 5.58. The van der Waals surface area contributed by atoms with Crippen LogP contribution in [0.5, 0.6) is 0 Å². The highest BCUT2D eigenvalue weighted by Gasteiger charge is 2.28. The number of benzene rings is 1. The number of aromatic nitrogens is 1. The molecule has 12 heteroatoms. The molecule has 0 fully saturated rings. The zero-order chi connectivity index (χ0) is 26.0. The summed E-state index contributed by atoms with van der Waals surface area (Å²) in [5, 5.41) is 17.5. The molecule has 1 aromatic carbocycles. The minimum absolute atomic E-state index is 0.0277. The highest BCUT2D eigenvalue weighted by Crippen LogP contribution is 2.18. The van der Waals surface area contributed by atoms with Crippen molar-refractivity contribution >= 4 is 47.2 Å². The molecule has 0 saturated carbocycles. The zero-order valence-corrected chi connectivity index (χ0v) is 20.5. The number of nitrogens with one attached hydrogen (secondary N) is 4. The molecule has 9 N–H and O–H groups in total. The van der Waals surface area contributed by atoms with Crippen molar-refractivity contribution < 1.29 is 24.3 Å². The van der Waals surface area contributed by atoms with Crippen LogP contribution in [0.15, 0.2) is 30.5 Å². The van der Waals surface area contributed by atoms with Crippen LogP contribution in [0.2, 0.25) is 0 Å². The van der Waals surface area contributed by atoms with E-state index in [2.05, 4.69) is 33.6 Å². The van der Waals surface area contributed by atoms with Gasteiger partial charge in [-0.1, -0.05) is 18.2 Å². The number of aliphatic carboxylic acids is 1. The molecule has 4 unspecified atom stereocenters. The van der Waals surface area contributed by atoms with Gasteiger partial charge in [0.05, 0.1) is 6.04 Å². The van der Waals surface area contributed by atoms with Gasteiger partial charge in [-0.3, -0.25) is 19.2 Å². The van der Waals surface area contributed by atoms with Gasteiger partial charge in [-0.05, 0) is 50.8 Å². The van der Waals surface area contributed by atoms with Gasteiger partial charge in [-0.2, -0.15) is 12.6 Å². The second-order valence-electron chi connectivity index (χ2n) is 8.33. The van der Waals surface area contributed by atoms with Crippen molar-refractivity contribution in [1.29, 1.82) is 0 Å². The van der Waals surface area contributed by atoms with Gasteiger partial charge < -0.3 is 37.5 Å². The van der Waals surface area contributed by atoms with E-state index < -0.39 is 47.9 Å². The molecule has 0 spiro atoms. The van der Waals surface area contributed by atoms with E-state index in [1.165, 1.54) is 6.92 Å². The summed E-state index contributed by atoms with van der Waals surface area (Å²) >= 11 is 4.16. The van der Waals surface area contributed by atoms with Crippen LogP contribution in [-0.4, -0.2) is 70.2 Å². The summed E-state index contributed by atoms with van der Waals surface area (Å²) in [6.45, 7) is 1.74. The number of hydrogen-bond donors (Lipinski definition) is 8. The lowest BCUT2D eigenvalue weighted by molar-refractivity contribution is -0.141. The number of amides is 3. The lowest BCUT2D eigenvalue weighted by atomic mass is 10.0. The van der Waals surface area contributed by atoms with Crippen molar-refractivity contribution in [3.63, 3.8) is 0 Å². The number of carboxylic acid groups (broad SMARTS) is 1. The fourth-order valence-corrected chi connectivity index (χ4v) is 3.77. The third-order valence-corrected chi connectivity index (χ3v) is 5.94. The molecule has 0 radical (unpaired) electrons. The van der Waals surface area contributed by atoms with E-state index >= 15 is 0 Å². The Hall–Kier alpha value is -3.09. The molecule has 2 rings (SSSR count). The maximum atomic E-state index is 12.8. The number of carbonyl (C=O) groups excluding carboxylic acids is 3. The number of aromatic amines is 1. The molecule has 0 aliphatic rings. The van der Waals surface area contributed by atoms with Gasteiger partial charge >= 0.3 is 5.97 Å². The Morgan fingerprint density at radius 3 is 2.34 bits per heavy atom. The molecule has 0 saturated heterocycles. The number of rotatable bonds is 14. The number of carbonyl (C=O) groups is 4. The number of carboxylic acids is 1. The maximum absolute atomic E-state index is 12.8. The highest BCUT2D eigenvalue weighted by molar-refractivity contribution is 7.80. The zero-order valence-electron chi connectivity index (χ0n) is 19.6. The van der Waals surface area contributed by atoms with Gasteiger partial charge in [0, 0.05) is 22.9 Å². The fourth-order valence-electron chi connectivity index (χ4n) is 3.51. The first kappa shape index (κ1) is 28.1. The topological polar surface area (TPSA) is 192 Å². The smallest absolute Gasteiger partial charge is 0.325 e. The molecule has 0 aliphatic heterocycles. The van der Waals surface area contributed by atoms with Crippen molar-refractivity contribution in [1.82, 2.24) is 20.9 Å². The van der Waals surface area contributed by atoms with Crippen molar-refractivity contribution in [2.45, 2.75) is 56.8 Å². The first-order valence-corrected chi connectivity index (χ1v) is 12.1. The Bertz CT molecular complexity index is 1030. The first-order chi connectivity index (χ1) is 16.7. The highest BCUT2D eigenvalue weighted by atomic mass is 32.1. The summed E-state index contributed by atoms with van der Waals surface area (Å²) in [4.78, 5) is 52.3. The molecular formula is C23H34N6O5S. The van der Waals surface area contributed by atoms with Crippen LogP contribution in [0.3, 0.4) is 0 Å². The number of unbranched alkanes of at least 4 members (excludes halogenated alkanes) is 1. The van der Waals surface area contributed by atoms with E-state index in [1.54, 1.807) is 6.20 Å². The summed E-state index contributed by atoms with van der Waals surface area (Å²) in [6, 6.07) is 3.57. The molecule has 1 heterocycles. The summed E-state index contributed by atoms with van der Waals surface area (Å²) in [5.41, 5.74) is 13.4. The molecule has 4 atom stereocenters. The van der Waals surface area contributed by atoms with Gasteiger partial charge in [0.15, 0.2) is 0 Å². The lowest BCUT2D eigenvalue weighted by Gasteiger charge is -2.24. The van der Waals surface area contributed by atoms with E-state index in [1.807, 2.05) is 24.3 Å². The average Bonchev–Trinajstić information content (AvgIpc) is 3.24. The number of fused-ring (bicyclic) bond motifs is 1. The Morgan fingerprint density at radius 1 is 1.03 bits per heavy atom. The quantitative estimate of drug-likeness (QED) is 0.127. The van der Waals surface area contributed by atoms with E-state index in [4.69, 9.17) is 16.6 Å². The first-order valence-electron chi connectivity index (χ1n) is 11.4. The van der Waals surface area contributed by atoms with Gasteiger partial charge in [0.2, 0.25) is 17.7 Å². The minimum atomic E-state index is -1.20. The molecule has 0 bridgehead atoms. The Balaban J connectivity index is 2.01. The van der Waals surface area contributed by atoms with Crippen LogP contribution < -0.4 is 27.4 Å². The normalized spacial score (nSPS) is 14.5. The van der Waals surface area contributed by atoms with E-state index in [0.717, 1.165) is 16.5 Å². The van der Waals surface area contributed by atoms with Crippen molar-refractivity contribution in [3.05, 3.63) is 36.0 Å². The summed E-state index contributed by atoms with van der Waals surface area (Å²) in [5.74, 6) is -3.02. The standard InChI is InChI=1S/C23H34N6O5S/c1-13(23(33)34)27-21(31)18(8-4-5-9-24)28-22(32)19(12-35)29-20(30)16(25)10-14-11-26-17-7-3-2-6-15(14)17/h2-3,6-7,11,13,16,18-19,26,35H,4-5,8-10,12,24-25H2,1H3,(H,27,31)(H,28,32)(H,29,30)(H,33,34). The number of H-pyrrole nitrogens is 1. The molecule has 2 aromatic rings. The largest absolute Gasteiger partial charge is 0.480 e. The lowest BCUT2D eigenvalue weighted by Crippen LogP contribution is -2.57. The van der Waals surface area contributed by atoms with Crippen LogP contribution in [0.4, 0.5) is 0 Å². The number of thiol groups is 1. The van der Waals surface area contributed by atoms with Gasteiger partial charge in [0.1, 0.15) is 18.1 Å². The second-order valence-corrected chi connectivity index (χ2v) is 8.69. The Labute approximate surface area is 209 Å². The van der Waals surface area contributed by atoms with Gasteiger partial charge in [-0.15, -0.1) is 0 Å². The molecule has 11 nitrogen and oxygen atoms in total. The molecule has 35 heavy (non-hydrogen) atoms. The second kappa shape index (κ2) is 13.7. The maximum Gasteiger partial charge on any atom is 0.325 e. The van der Waals surface area contributed by atoms with Crippen LogP contribution in [0, 0.1) is 0 Å². The molecule has 3 amide bonds. The van der Waals surface area contributed by atoms with Crippen molar-refractivity contribution in [2.75, 3.05) is 12.3 Å². The number of hydrogen-bond acceptors (Lipinski definition) is 7. The monoisotopic (exact) mass is 506 g/mol. The van der Waals surface area contributed by atoms with Crippen molar-refractivity contribution in [3.8, 4) is 0 Å². The van der Waals surface area contributed by atoms with Crippen molar-refractivity contribution in [2.24, 2.45) is 11.5 Å². The predicted molar refractivity (Wildman–Crippen MR) is 136 cm³/mol. The molecule has 192 valence electrons. The molecular weight excluding hydrogens is 472 g/mol. The third kappa shape index (κ3) is 8.26. The van der Waals surface area contributed by atoms with Crippen LogP contribution in [-0.2, 0) is 25.6 Å². The summed E-state index contributed by atoms with van der Waals surface area (Å²) < 4.78 is 0. The van der Waals surface area contributed by atoms with Gasteiger partial charge in [-0.25, -0.2) is 0 Å². The number of nitrogens with two attached hydrogens (primary N) is 2. The van der Waals surface area contributed by atoms with E-state index in [9.17, 15) is 19.2 Å². The van der Waals surface area contributed by atoms with Crippen LogP contribution >= 0.6 is 12.6 Å².